The van der Waals surface area contributed by atoms with E-state index in [1.54, 1.807) is 24.3 Å². The van der Waals surface area contributed by atoms with Crippen LogP contribution >= 0.6 is 0 Å². The zero-order valence-corrected chi connectivity index (χ0v) is 13.9. The maximum Gasteiger partial charge on any atom is 0.326 e. The van der Waals surface area contributed by atoms with Crippen molar-refractivity contribution in [3.8, 4) is 0 Å². The Hall–Kier alpha value is -2.90. The number of urea groups is 1. The molecule has 1 aromatic rings. The van der Waals surface area contributed by atoms with Gasteiger partial charge in [0.05, 0.1) is 13.1 Å². The van der Waals surface area contributed by atoms with Crippen LogP contribution in [0.3, 0.4) is 0 Å². The van der Waals surface area contributed by atoms with E-state index in [0.717, 1.165) is 11.3 Å². The number of nitrogens with zero attached hydrogens (tertiary/aromatic N) is 1. The molecular formula is C17H21N3O5. The Bertz CT molecular complexity index is 655. The molecule has 8 nitrogen and oxygen atoms in total. The molecule has 0 radical (unpaired) electrons. The lowest BCUT2D eigenvalue weighted by molar-refractivity contribution is -0.139. The van der Waals surface area contributed by atoms with Crippen molar-refractivity contribution >= 4 is 23.8 Å². The Morgan fingerprint density at radius 1 is 1.28 bits per heavy atom. The number of hydrogen-bond donors (Lipinski definition) is 3. The van der Waals surface area contributed by atoms with E-state index in [2.05, 4.69) is 10.6 Å². The van der Waals surface area contributed by atoms with Crippen LogP contribution in [0.15, 0.2) is 24.3 Å². The van der Waals surface area contributed by atoms with Crippen LogP contribution < -0.4 is 10.6 Å². The first-order valence-corrected chi connectivity index (χ1v) is 8.13. The fourth-order valence-corrected chi connectivity index (χ4v) is 2.47. The van der Waals surface area contributed by atoms with E-state index in [1.165, 1.54) is 0 Å². The summed E-state index contributed by atoms with van der Waals surface area (Å²) in [6.07, 6.45) is 1.93. The van der Waals surface area contributed by atoms with Gasteiger partial charge in [0.1, 0.15) is 6.04 Å². The van der Waals surface area contributed by atoms with E-state index in [4.69, 9.17) is 5.11 Å². The molecule has 0 saturated carbocycles. The van der Waals surface area contributed by atoms with E-state index >= 15 is 0 Å². The highest BCUT2D eigenvalue weighted by Crippen LogP contribution is 2.11. The summed E-state index contributed by atoms with van der Waals surface area (Å²) in [5.74, 6) is -1.82. The van der Waals surface area contributed by atoms with Gasteiger partial charge in [-0.3, -0.25) is 14.5 Å². The first kappa shape index (κ1) is 18.4. The van der Waals surface area contributed by atoms with E-state index in [9.17, 15) is 19.2 Å². The number of carbonyl (C=O) groups is 4. The summed E-state index contributed by atoms with van der Waals surface area (Å²) in [7, 11) is 0. The number of carboxylic acid groups (broad SMARTS) is 1. The minimum absolute atomic E-state index is 0.00629. The number of rotatable bonds is 8. The van der Waals surface area contributed by atoms with Crippen LogP contribution in [0.5, 0.6) is 0 Å². The van der Waals surface area contributed by atoms with Crippen molar-refractivity contribution in [1.82, 2.24) is 15.5 Å². The molecule has 2 rings (SSSR count). The molecule has 1 aromatic carbocycles. The molecule has 0 spiro atoms. The average Bonchev–Trinajstić information content (AvgIpc) is 2.90. The lowest BCUT2D eigenvalue weighted by Crippen LogP contribution is -2.40. The summed E-state index contributed by atoms with van der Waals surface area (Å²) in [6, 6.07) is 5.00. The van der Waals surface area contributed by atoms with Crippen LogP contribution in [0.4, 0.5) is 4.79 Å². The van der Waals surface area contributed by atoms with Crippen molar-refractivity contribution < 1.29 is 24.3 Å². The van der Waals surface area contributed by atoms with Gasteiger partial charge >= 0.3 is 12.0 Å². The highest BCUT2D eigenvalue weighted by molar-refractivity contribution is 6.02. The molecule has 25 heavy (non-hydrogen) atoms. The number of unbranched alkanes of at least 4 members (excludes halogenated alkanes) is 1. The molecule has 4 amide bonds. The third-order valence-electron chi connectivity index (χ3n) is 3.94. The highest BCUT2D eigenvalue weighted by atomic mass is 16.4. The molecule has 0 aliphatic carbocycles. The van der Waals surface area contributed by atoms with Crippen molar-refractivity contribution in [1.29, 1.82) is 0 Å². The molecule has 1 aliphatic rings. The average molecular weight is 347 g/mol. The van der Waals surface area contributed by atoms with Crippen molar-refractivity contribution in [2.75, 3.05) is 6.54 Å². The quantitative estimate of drug-likeness (QED) is 0.609. The molecule has 1 saturated heterocycles. The molecule has 0 bridgehead atoms. The molecule has 1 aliphatic heterocycles. The molecule has 134 valence electrons. The van der Waals surface area contributed by atoms with Crippen molar-refractivity contribution in [2.24, 2.45) is 0 Å². The van der Waals surface area contributed by atoms with Gasteiger partial charge in [0.25, 0.3) is 5.91 Å². The first-order valence-electron chi connectivity index (χ1n) is 8.13. The predicted molar refractivity (Wildman–Crippen MR) is 88.8 cm³/mol. The maximum absolute atomic E-state index is 12.2. The lowest BCUT2D eigenvalue weighted by Gasteiger charge is -2.15. The lowest BCUT2D eigenvalue weighted by atomic mass is 10.1. The maximum atomic E-state index is 12.2. The van der Waals surface area contributed by atoms with Gasteiger partial charge < -0.3 is 15.7 Å². The molecule has 8 heteroatoms. The number of carbonyl (C=O) groups excluding carboxylic acids is 3. The first-order chi connectivity index (χ1) is 11.9. The monoisotopic (exact) mass is 347 g/mol. The second-order valence-electron chi connectivity index (χ2n) is 5.84. The van der Waals surface area contributed by atoms with Gasteiger partial charge in [-0.15, -0.1) is 0 Å². The number of hydrogen-bond acceptors (Lipinski definition) is 4. The molecular weight excluding hydrogens is 326 g/mol. The Balaban J connectivity index is 1.98. The summed E-state index contributed by atoms with van der Waals surface area (Å²) in [4.78, 5) is 47.5. The fraction of sp³-hybridized carbons (Fsp3) is 0.412. The topological polar surface area (TPSA) is 116 Å². The summed E-state index contributed by atoms with van der Waals surface area (Å²) >= 11 is 0. The van der Waals surface area contributed by atoms with Gasteiger partial charge in [-0.05, 0) is 24.1 Å². The van der Waals surface area contributed by atoms with E-state index < -0.39 is 23.9 Å². The molecule has 1 fully saturated rings. The van der Waals surface area contributed by atoms with Gasteiger partial charge in [0.15, 0.2) is 0 Å². The van der Waals surface area contributed by atoms with Crippen LogP contribution in [0.25, 0.3) is 0 Å². The molecule has 3 N–H and O–H groups in total. The number of carboxylic acids is 1. The van der Waals surface area contributed by atoms with Gasteiger partial charge in [0.2, 0.25) is 5.91 Å². The zero-order valence-electron chi connectivity index (χ0n) is 13.9. The molecule has 0 unspecified atom stereocenters. The van der Waals surface area contributed by atoms with Crippen LogP contribution in [0.2, 0.25) is 0 Å². The summed E-state index contributed by atoms with van der Waals surface area (Å²) < 4.78 is 0. The minimum atomic E-state index is -1.06. The Kier molecular flexibility index (Phi) is 6.10. The van der Waals surface area contributed by atoms with E-state index in [-0.39, 0.29) is 19.0 Å². The van der Waals surface area contributed by atoms with Gasteiger partial charge in [0, 0.05) is 5.56 Å². The van der Waals surface area contributed by atoms with Gasteiger partial charge in [-0.1, -0.05) is 31.9 Å². The smallest absolute Gasteiger partial charge is 0.326 e. The minimum Gasteiger partial charge on any atom is -0.480 e. The zero-order chi connectivity index (χ0) is 18.4. The van der Waals surface area contributed by atoms with Crippen molar-refractivity contribution in [3.05, 3.63) is 35.4 Å². The van der Waals surface area contributed by atoms with Gasteiger partial charge in [-0.25, -0.2) is 9.59 Å². The molecule has 1 atom stereocenters. The van der Waals surface area contributed by atoms with Crippen LogP contribution in [0.1, 0.15) is 42.1 Å². The number of amides is 4. The van der Waals surface area contributed by atoms with E-state index in [1.807, 2.05) is 6.92 Å². The summed E-state index contributed by atoms with van der Waals surface area (Å²) in [5.41, 5.74) is 1.02. The Labute approximate surface area is 145 Å². The third kappa shape index (κ3) is 4.79. The normalized spacial score (nSPS) is 15.0. The number of aliphatic carboxylic acids is 1. The molecule has 0 aromatic heterocycles. The highest BCUT2D eigenvalue weighted by Gasteiger charge is 2.28. The SMILES string of the molecule is CCCC[C@H](NC(=O)c1ccc(CN2C(=O)CNC2=O)cc1)C(=O)O. The van der Waals surface area contributed by atoms with Gasteiger partial charge in [-0.2, -0.15) is 0 Å². The second-order valence-corrected chi connectivity index (χ2v) is 5.84. The summed E-state index contributed by atoms with van der Waals surface area (Å²) in [6.45, 7) is 2.07. The molecule has 1 heterocycles. The standard InChI is InChI=1S/C17H21N3O5/c1-2-3-4-13(16(23)24)19-15(22)12-7-5-11(6-8-12)10-20-14(21)9-18-17(20)25/h5-8,13H,2-4,9-10H2,1H3,(H,18,25)(H,19,22)(H,23,24)/t13-/m0/s1. The van der Waals surface area contributed by atoms with Crippen LogP contribution in [-0.2, 0) is 16.1 Å². The summed E-state index contributed by atoms with van der Waals surface area (Å²) in [5, 5.41) is 14.1. The van der Waals surface area contributed by atoms with E-state index in [0.29, 0.717) is 24.0 Å². The van der Waals surface area contributed by atoms with Crippen LogP contribution in [-0.4, -0.2) is 46.4 Å². The van der Waals surface area contributed by atoms with Crippen LogP contribution in [0, 0.1) is 0 Å². The largest absolute Gasteiger partial charge is 0.480 e. The second kappa shape index (κ2) is 8.27. The van der Waals surface area contributed by atoms with Crippen molar-refractivity contribution in [3.63, 3.8) is 0 Å². The predicted octanol–water partition coefficient (Wildman–Crippen LogP) is 1.11. The Morgan fingerprint density at radius 3 is 2.48 bits per heavy atom. The number of nitrogens with one attached hydrogen (secondary N) is 2. The third-order valence-corrected chi connectivity index (χ3v) is 3.94. The fourth-order valence-electron chi connectivity index (χ4n) is 2.47. The van der Waals surface area contributed by atoms with Crippen molar-refractivity contribution in [2.45, 2.75) is 38.8 Å². The Morgan fingerprint density at radius 2 is 1.96 bits per heavy atom. The number of benzene rings is 1. The number of imide groups is 1.